The minimum absolute atomic E-state index is 0.0113. The zero-order chi connectivity index (χ0) is 11.1. The fraction of sp³-hybridized carbons (Fsp3) is 0.727. The number of nitrogens with one attached hydrogen (secondary N) is 2. The highest BCUT2D eigenvalue weighted by Gasteiger charge is 2.17. The van der Waals surface area contributed by atoms with Gasteiger partial charge in [-0.05, 0) is 6.42 Å². The van der Waals surface area contributed by atoms with Crippen molar-refractivity contribution >= 4 is 5.91 Å². The molecule has 0 radical (unpaired) electrons. The maximum absolute atomic E-state index is 11.5. The van der Waals surface area contributed by atoms with Crippen molar-refractivity contribution < 1.29 is 9.53 Å². The summed E-state index contributed by atoms with van der Waals surface area (Å²) >= 11 is 0. The van der Waals surface area contributed by atoms with Crippen LogP contribution in [0.5, 0.6) is 0 Å². The summed E-state index contributed by atoms with van der Waals surface area (Å²) < 4.78 is 5.26. The molecule has 0 bridgehead atoms. The molecule has 4 heteroatoms. The number of amides is 1. The second-order valence-electron chi connectivity index (χ2n) is 3.63. The number of hydrogen-bond donors (Lipinski definition) is 2. The highest BCUT2D eigenvalue weighted by molar-refractivity contribution is 5.77. The van der Waals surface area contributed by atoms with Crippen LogP contribution in [0, 0.1) is 12.3 Å². The number of carbonyl (C=O) groups is 1. The Morgan fingerprint density at radius 3 is 3.13 bits per heavy atom. The van der Waals surface area contributed by atoms with Crippen molar-refractivity contribution in [3.63, 3.8) is 0 Å². The van der Waals surface area contributed by atoms with Gasteiger partial charge in [-0.15, -0.1) is 6.42 Å². The number of ether oxygens (including phenoxy) is 1. The van der Waals surface area contributed by atoms with Gasteiger partial charge in [0.2, 0.25) is 5.91 Å². The van der Waals surface area contributed by atoms with Gasteiger partial charge < -0.3 is 15.4 Å². The normalized spacial score (nSPS) is 22.8. The highest BCUT2D eigenvalue weighted by atomic mass is 16.5. The third kappa shape index (κ3) is 4.32. The fourth-order valence-corrected chi connectivity index (χ4v) is 1.49. The molecule has 1 rings (SSSR count). The van der Waals surface area contributed by atoms with Crippen LogP contribution in [0.2, 0.25) is 0 Å². The quantitative estimate of drug-likeness (QED) is 0.637. The van der Waals surface area contributed by atoms with E-state index in [0.29, 0.717) is 13.0 Å². The molecule has 0 aromatic rings. The van der Waals surface area contributed by atoms with Crippen LogP contribution >= 0.6 is 0 Å². The molecule has 1 aliphatic rings. The van der Waals surface area contributed by atoms with Crippen LogP contribution in [-0.2, 0) is 9.53 Å². The number of rotatable bonds is 4. The lowest BCUT2D eigenvalue weighted by Gasteiger charge is -2.23. The van der Waals surface area contributed by atoms with Crippen molar-refractivity contribution in [2.75, 3.05) is 19.8 Å². The van der Waals surface area contributed by atoms with Crippen molar-refractivity contribution in [3.05, 3.63) is 0 Å². The monoisotopic (exact) mass is 210 g/mol. The van der Waals surface area contributed by atoms with Crippen LogP contribution in [0.15, 0.2) is 0 Å². The molecule has 2 atom stereocenters. The molecule has 0 aromatic carbocycles. The number of morpholine rings is 1. The first-order chi connectivity index (χ1) is 7.26. The second-order valence-corrected chi connectivity index (χ2v) is 3.63. The van der Waals surface area contributed by atoms with Gasteiger partial charge in [0.15, 0.2) is 0 Å². The molecule has 1 fully saturated rings. The molecule has 2 N–H and O–H groups in total. The highest BCUT2D eigenvalue weighted by Crippen LogP contribution is 1.99. The Bertz CT molecular complexity index is 241. The summed E-state index contributed by atoms with van der Waals surface area (Å²) in [6, 6.07) is -0.0314. The molecule has 1 saturated heterocycles. The maximum atomic E-state index is 11.5. The molecule has 0 saturated carbocycles. The Labute approximate surface area is 90.8 Å². The van der Waals surface area contributed by atoms with E-state index in [0.717, 1.165) is 19.6 Å². The van der Waals surface area contributed by atoms with Crippen LogP contribution in [0.25, 0.3) is 0 Å². The average Bonchev–Trinajstić information content (AvgIpc) is 2.27. The lowest BCUT2D eigenvalue weighted by atomic mass is 10.1. The van der Waals surface area contributed by atoms with Gasteiger partial charge in [-0.2, -0.15) is 0 Å². The van der Waals surface area contributed by atoms with Gasteiger partial charge in [0.1, 0.15) is 0 Å². The van der Waals surface area contributed by atoms with E-state index < -0.39 is 0 Å². The predicted octanol–water partition coefficient (Wildman–Crippen LogP) is -0.107. The van der Waals surface area contributed by atoms with Crippen molar-refractivity contribution in [2.24, 2.45) is 0 Å². The molecule has 84 valence electrons. The minimum atomic E-state index is -0.151. The molecule has 1 heterocycles. The van der Waals surface area contributed by atoms with E-state index in [1.807, 2.05) is 6.92 Å². The Kier molecular flexibility index (Phi) is 5.16. The van der Waals surface area contributed by atoms with E-state index >= 15 is 0 Å². The van der Waals surface area contributed by atoms with Crippen molar-refractivity contribution in [1.29, 1.82) is 0 Å². The van der Waals surface area contributed by atoms with E-state index in [1.54, 1.807) is 0 Å². The predicted molar refractivity (Wildman–Crippen MR) is 58.3 cm³/mol. The number of carbonyl (C=O) groups excluding carboxylic acids is 1. The van der Waals surface area contributed by atoms with Crippen LogP contribution in [-0.4, -0.2) is 37.7 Å². The fourth-order valence-electron chi connectivity index (χ4n) is 1.49. The SMILES string of the molecule is C#CC(CC)NC(=O)CC1COCCN1. The Balaban J connectivity index is 2.25. The summed E-state index contributed by atoms with van der Waals surface area (Å²) in [6.07, 6.45) is 6.45. The third-order valence-electron chi connectivity index (χ3n) is 2.37. The first kappa shape index (κ1) is 12.0. The van der Waals surface area contributed by atoms with Crippen LogP contribution in [0.1, 0.15) is 19.8 Å². The van der Waals surface area contributed by atoms with Crippen molar-refractivity contribution in [1.82, 2.24) is 10.6 Å². The second kappa shape index (κ2) is 6.44. The van der Waals surface area contributed by atoms with E-state index in [1.165, 1.54) is 0 Å². The summed E-state index contributed by atoms with van der Waals surface area (Å²) in [5, 5.41) is 6.01. The maximum Gasteiger partial charge on any atom is 0.222 e. The molecule has 0 spiro atoms. The van der Waals surface area contributed by atoms with Crippen molar-refractivity contribution in [2.45, 2.75) is 31.8 Å². The summed E-state index contributed by atoms with van der Waals surface area (Å²) in [4.78, 5) is 11.5. The van der Waals surface area contributed by atoms with Gasteiger partial charge in [-0.1, -0.05) is 12.8 Å². The smallest absolute Gasteiger partial charge is 0.222 e. The molecular formula is C11H18N2O2. The van der Waals surface area contributed by atoms with Gasteiger partial charge in [0.25, 0.3) is 0 Å². The standard InChI is InChI=1S/C11H18N2O2/c1-3-9(4-2)13-11(14)7-10-8-15-6-5-12-10/h1,9-10,12H,4-8H2,2H3,(H,13,14). The van der Waals surface area contributed by atoms with Crippen LogP contribution < -0.4 is 10.6 Å². The van der Waals surface area contributed by atoms with Gasteiger partial charge in [0, 0.05) is 19.0 Å². The molecule has 1 aliphatic heterocycles. The van der Waals surface area contributed by atoms with E-state index in [4.69, 9.17) is 11.2 Å². The summed E-state index contributed by atoms with van der Waals surface area (Å²) in [6.45, 7) is 4.08. The van der Waals surface area contributed by atoms with E-state index in [9.17, 15) is 4.79 Å². The summed E-state index contributed by atoms with van der Waals surface area (Å²) in [5.41, 5.74) is 0. The largest absolute Gasteiger partial charge is 0.378 e. The molecule has 0 aliphatic carbocycles. The van der Waals surface area contributed by atoms with E-state index in [-0.39, 0.29) is 18.0 Å². The minimum Gasteiger partial charge on any atom is -0.378 e. The van der Waals surface area contributed by atoms with Crippen LogP contribution in [0.4, 0.5) is 0 Å². The average molecular weight is 210 g/mol. The zero-order valence-electron chi connectivity index (χ0n) is 9.08. The third-order valence-corrected chi connectivity index (χ3v) is 2.37. The Morgan fingerprint density at radius 1 is 1.80 bits per heavy atom. The molecule has 4 nitrogen and oxygen atoms in total. The Hall–Kier alpha value is -1.05. The summed E-state index contributed by atoms with van der Waals surface area (Å²) in [7, 11) is 0. The van der Waals surface area contributed by atoms with Crippen molar-refractivity contribution in [3.8, 4) is 12.3 Å². The van der Waals surface area contributed by atoms with Gasteiger partial charge >= 0.3 is 0 Å². The number of terminal acetylenes is 1. The zero-order valence-corrected chi connectivity index (χ0v) is 9.08. The lowest BCUT2D eigenvalue weighted by molar-refractivity contribution is -0.122. The molecule has 1 amide bonds. The van der Waals surface area contributed by atoms with Gasteiger partial charge in [0.05, 0.1) is 19.3 Å². The summed E-state index contributed by atoms with van der Waals surface area (Å²) in [5.74, 6) is 2.52. The molecular weight excluding hydrogens is 192 g/mol. The topological polar surface area (TPSA) is 50.4 Å². The lowest BCUT2D eigenvalue weighted by Crippen LogP contribution is -2.45. The van der Waals surface area contributed by atoms with Crippen LogP contribution in [0.3, 0.4) is 0 Å². The number of hydrogen-bond acceptors (Lipinski definition) is 3. The molecule has 2 unspecified atom stereocenters. The molecule has 0 aromatic heterocycles. The molecule has 15 heavy (non-hydrogen) atoms. The van der Waals surface area contributed by atoms with Gasteiger partial charge in [-0.3, -0.25) is 4.79 Å². The first-order valence-electron chi connectivity index (χ1n) is 5.33. The Morgan fingerprint density at radius 2 is 2.60 bits per heavy atom. The first-order valence-corrected chi connectivity index (χ1v) is 5.33. The van der Waals surface area contributed by atoms with E-state index in [2.05, 4.69) is 16.6 Å². The van der Waals surface area contributed by atoms with Gasteiger partial charge in [-0.25, -0.2) is 0 Å².